The van der Waals surface area contributed by atoms with E-state index < -0.39 is 0 Å². The van der Waals surface area contributed by atoms with Gasteiger partial charge >= 0.3 is 5.97 Å². The fourth-order valence-corrected chi connectivity index (χ4v) is 2.24. The highest BCUT2D eigenvalue weighted by Gasteiger charge is 2.04. The highest BCUT2D eigenvalue weighted by molar-refractivity contribution is 8.00. The zero-order valence-electron chi connectivity index (χ0n) is 12.0. The lowest BCUT2D eigenvalue weighted by atomic mass is 10.2. The molecule has 0 unspecified atom stereocenters. The maximum Gasteiger partial charge on any atom is 0.316 e. The largest absolute Gasteiger partial charge is 0.465 e. The number of hydrogen-bond acceptors (Lipinski definition) is 4. The first kappa shape index (κ1) is 16.6. The number of nitrogens with one attached hydrogen (secondary N) is 1. The average molecular weight is 295 g/mol. The molecule has 5 heteroatoms. The van der Waals surface area contributed by atoms with E-state index >= 15 is 0 Å². The Labute approximate surface area is 124 Å². The molecular weight excluding hydrogens is 274 g/mol. The number of thioether (sulfide) groups is 1. The lowest BCUT2D eigenvalue weighted by Gasteiger charge is -2.06. The molecule has 1 aromatic carbocycles. The van der Waals surface area contributed by atoms with Gasteiger partial charge in [-0.1, -0.05) is 13.3 Å². The summed E-state index contributed by atoms with van der Waals surface area (Å²) in [5.41, 5.74) is 0.784. The van der Waals surface area contributed by atoms with E-state index in [9.17, 15) is 9.59 Å². The molecule has 20 heavy (non-hydrogen) atoms. The quantitative estimate of drug-likeness (QED) is 0.589. The minimum atomic E-state index is -0.213. The first-order valence-corrected chi connectivity index (χ1v) is 7.82. The van der Waals surface area contributed by atoms with E-state index in [-0.39, 0.29) is 11.9 Å². The second kappa shape index (κ2) is 9.42. The molecule has 0 saturated carbocycles. The number of anilines is 1. The van der Waals surface area contributed by atoms with E-state index in [2.05, 4.69) is 12.2 Å². The summed E-state index contributed by atoms with van der Waals surface area (Å²) in [5.74, 6) is 0.129. The summed E-state index contributed by atoms with van der Waals surface area (Å²) < 4.78 is 4.86. The molecule has 1 rings (SSSR count). The first-order valence-electron chi connectivity index (χ1n) is 6.84. The minimum absolute atomic E-state index is 0.0405. The zero-order chi connectivity index (χ0) is 14.8. The Balaban J connectivity index is 2.40. The normalized spacial score (nSPS) is 10.1. The number of amides is 1. The molecule has 0 aliphatic rings. The number of benzene rings is 1. The van der Waals surface area contributed by atoms with Gasteiger partial charge in [-0.15, -0.1) is 11.8 Å². The molecular formula is C15H21NO3S. The monoisotopic (exact) mass is 295 g/mol. The summed E-state index contributed by atoms with van der Waals surface area (Å²) >= 11 is 1.42. The summed E-state index contributed by atoms with van der Waals surface area (Å²) in [7, 11) is 0. The Morgan fingerprint density at radius 2 is 1.90 bits per heavy atom. The van der Waals surface area contributed by atoms with Crippen LogP contribution in [-0.4, -0.2) is 24.2 Å². The third kappa shape index (κ3) is 6.61. The molecule has 0 radical (unpaired) electrons. The SMILES string of the molecule is CCCCC(=O)Nc1ccc(SCC(=O)OCC)cc1. The second-order valence-electron chi connectivity index (χ2n) is 4.27. The van der Waals surface area contributed by atoms with Crippen molar-refractivity contribution >= 4 is 29.3 Å². The summed E-state index contributed by atoms with van der Waals surface area (Å²) in [5, 5.41) is 2.85. The van der Waals surface area contributed by atoms with E-state index in [0.717, 1.165) is 23.4 Å². The van der Waals surface area contributed by atoms with Crippen LogP contribution in [0, 0.1) is 0 Å². The Kier molecular flexibility index (Phi) is 7.80. The summed E-state index contributed by atoms with van der Waals surface area (Å²) in [6.45, 7) is 4.25. The number of rotatable bonds is 8. The van der Waals surface area contributed by atoms with Crippen LogP contribution in [0.15, 0.2) is 29.2 Å². The van der Waals surface area contributed by atoms with Gasteiger partial charge in [-0.2, -0.15) is 0 Å². The van der Waals surface area contributed by atoms with Gasteiger partial charge in [0.15, 0.2) is 0 Å². The van der Waals surface area contributed by atoms with Crippen LogP contribution in [0.3, 0.4) is 0 Å². The molecule has 1 aromatic rings. The Hall–Kier alpha value is -1.49. The van der Waals surface area contributed by atoms with E-state index in [4.69, 9.17) is 4.74 Å². The van der Waals surface area contributed by atoms with Crippen LogP contribution in [0.4, 0.5) is 5.69 Å². The fourth-order valence-electron chi connectivity index (χ4n) is 1.54. The van der Waals surface area contributed by atoms with Crippen molar-refractivity contribution in [2.75, 3.05) is 17.7 Å². The maximum absolute atomic E-state index is 11.6. The standard InChI is InChI=1S/C15H21NO3S/c1-3-5-6-14(17)16-12-7-9-13(10-8-12)20-11-15(18)19-4-2/h7-10H,3-6,11H2,1-2H3,(H,16,17). The number of hydrogen-bond donors (Lipinski definition) is 1. The van der Waals surface area contributed by atoms with Gasteiger partial charge in [0.2, 0.25) is 5.91 Å². The molecule has 0 aliphatic heterocycles. The minimum Gasteiger partial charge on any atom is -0.465 e. The topological polar surface area (TPSA) is 55.4 Å². The van der Waals surface area contributed by atoms with Crippen LogP contribution in [-0.2, 0) is 14.3 Å². The molecule has 1 N–H and O–H groups in total. The van der Waals surface area contributed by atoms with Crippen LogP contribution in [0.25, 0.3) is 0 Å². The van der Waals surface area contributed by atoms with Gasteiger partial charge in [-0.25, -0.2) is 0 Å². The van der Waals surface area contributed by atoms with Crippen LogP contribution in [0.2, 0.25) is 0 Å². The molecule has 0 saturated heterocycles. The number of ether oxygens (including phenoxy) is 1. The summed E-state index contributed by atoms with van der Waals surface area (Å²) in [6.07, 6.45) is 2.46. The molecule has 1 amide bonds. The highest BCUT2D eigenvalue weighted by atomic mass is 32.2. The lowest BCUT2D eigenvalue weighted by Crippen LogP contribution is -2.10. The third-order valence-corrected chi connectivity index (χ3v) is 3.54. The Morgan fingerprint density at radius 1 is 1.20 bits per heavy atom. The van der Waals surface area contributed by atoms with Crippen molar-refractivity contribution in [1.29, 1.82) is 0 Å². The molecule has 0 aliphatic carbocycles. The Morgan fingerprint density at radius 3 is 2.50 bits per heavy atom. The van der Waals surface area contributed by atoms with E-state index in [1.165, 1.54) is 11.8 Å². The number of carbonyl (C=O) groups excluding carboxylic acids is 2. The van der Waals surface area contributed by atoms with Crippen molar-refractivity contribution in [3.63, 3.8) is 0 Å². The number of unbranched alkanes of at least 4 members (excludes halogenated alkanes) is 1. The predicted molar refractivity (Wildman–Crippen MR) is 82.0 cm³/mol. The van der Waals surface area contributed by atoms with E-state index in [1.807, 2.05) is 24.3 Å². The van der Waals surface area contributed by atoms with Gasteiger partial charge in [0.25, 0.3) is 0 Å². The molecule has 0 heterocycles. The van der Waals surface area contributed by atoms with Crippen molar-refractivity contribution in [2.24, 2.45) is 0 Å². The van der Waals surface area contributed by atoms with Crippen molar-refractivity contribution in [2.45, 2.75) is 38.0 Å². The predicted octanol–water partition coefficient (Wildman–Crippen LogP) is 3.47. The molecule has 0 bridgehead atoms. The van der Waals surface area contributed by atoms with E-state index in [1.54, 1.807) is 6.92 Å². The van der Waals surface area contributed by atoms with Gasteiger partial charge in [-0.05, 0) is 37.6 Å². The van der Waals surface area contributed by atoms with Crippen LogP contribution < -0.4 is 5.32 Å². The van der Waals surface area contributed by atoms with Crippen LogP contribution in [0.1, 0.15) is 33.1 Å². The van der Waals surface area contributed by atoms with Crippen molar-refractivity contribution in [3.8, 4) is 0 Å². The lowest BCUT2D eigenvalue weighted by molar-refractivity contribution is -0.139. The number of esters is 1. The fraction of sp³-hybridized carbons (Fsp3) is 0.467. The first-order chi connectivity index (χ1) is 9.65. The second-order valence-corrected chi connectivity index (χ2v) is 5.32. The van der Waals surface area contributed by atoms with Crippen LogP contribution >= 0.6 is 11.8 Å². The molecule has 0 atom stereocenters. The molecule has 110 valence electrons. The molecule has 0 aromatic heterocycles. The smallest absolute Gasteiger partial charge is 0.316 e. The summed E-state index contributed by atoms with van der Waals surface area (Å²) in [6, 6.07) is 7.47. The highest BCUT2D eigenvalue weighted by Crippen LogP contribution is 2.20. The Bertz CT molecular complexity index is 431. The van der Waals surface area contributed by atoms with Crippen molar-refractivity contribution in [3.05, 3.63) is 24.3 Å². The summed E-state index contributed by atoms with van der Waals surface area (Å²) in [4.78, 5) is 23.8. The van der Waals surface area contributed by atoms with Crippen molar-refractivity contribution < 1.29 is 14.3 Å². The van der Waals surface area contributed by atoms with E-state index in [0.29, 0.717) is 18.8 Å². The molecule has 0 fully saturated rings. The van der Waals surface area contributed by atoms with Gasteiger partial charge < -0.3 is 10.1 Å². The van der Waals surface area contributed by atoms with Gasteiger partial charge in [0.05, 0.1) is 12.4 Å². The third-order valence-electron chi connectivity index (χ3n) is 2.56. The number of carbonyl (C=O) groups is 2. The zero-order valence-corrected chi connectivity index (χ0v) is 12.8. The van der Waals surface area contributed by atoms with Gasteiger partial charge in [0.1, 0.15) is 0 Å². The molecule has 4 nitrogen and oxygen atoms in total. The van der Waals surface area contributed by atoms with Gasteiger partial charge in [-0.3, -0.25) is 9.59 Å². The van der Waals surface area contributed by atoms with Crippen molar-refractivity contribution in [1.82, 2.24) is 0 Å². The van der Waals surface area contributed by atoms with Gasteiger partial charge in [0, 0.05) is 17.0 Å². The molecule has 0 spiro atoms. The average Bonchev–Trinajstić information content (AvgIpc) is 2.45. The maximum atomic E-state index is 11.6. The van der Waals surface area contributed by atoms with Crippen LogP contribution in [0.5, 0.6) is 0 Å².